The molecule has 0 aliphatic carbocycles. The predicted molar refractivity (Wildman–Crippen MR) is 41.3 cm³/mol. The Balaban J connectivity index is 3.05. The highest BCUT2D eigenvalue weighted by molar-refractivity contribution is 7.93. The van der Waals surface area contributed by atoms with Crippen LogP contribution in [0, 0.1) is 0 Å². The third-order valence-electron chi connectivity index (χ3n) is 2.33. The molecule has 1 fully saturated rings. The van der Waals surface area contributed by atoms with E-state index in [9.17, 15) is 13.5 Å². The topological polar surface area (TPSA) is 94.8 Å². The molecule has 0 amide bonds. The van der Waals surface area contributed by atoms with Gasteiger partial charge in [0.25, 0.3) is 0 Å². The first kappa shape index (κ1) is 9.91. The maximum Gasteiger partial charge on any atom is 0.163 e. The average Bonchev–Trinajstić information content (AvgIpc) is 2.13. The van der Waals surface area contributed by atoms with Gasteiger partial charge in [0.15, 0.2) is 9.84 Å². The van der Waals surface area contributed by atoms with Crippen LogP contribution < -0.4 is 0 Å². The van der Waals surface area contributed by atoms with Crippen molar-refractivity contribution < 1.29 is 23.7 Å². The largest absolute Gasteiger partial charge is 0.395 e. The summed E-state index contributed by atoms with van der Waals surface area (Å²) in [6, 6.07) is 0. The molecule has 1 saturated heterocycles. The van der Waals surface area contributed by atoms with Gasteiger partial charge in [0.05, 0.1) is 18.0 Å². The van der Waals surface area contributed by atoms with Crippen molar-refractivity contribution in [3.8, 4) is 0 Å². The van der Waals surface area contributed by atoms with Gasteiger partial charge in [-0.3, -0.25) is 0 Å². The Labute approximate surface area is 70.6 Å². The van der Waals surface area contributed by atoms with Gasteiger partial charge in [-0.2, -0.15) is 0 Å². The minimum atomic E-state index is -3.56. The zero-order valence-electron chi connectivity index (χ0n) is 6.58. The molecule has 1 aliphatic rings. The smallest absolute Gasteiger partial charge is 0.163 e. The maximum atomic E-state index is 11.3. The van der Waals surface area contributed by atoms with E-state index in [0.717, 1.165) is 0 Å². The molecule has 0 aromatic rings. The molecule has 5 nitrogen and oxygen atoms in total. The van der Waals surface area contributed by atoms with E-state index in [1.54, 1.807) is 0 Å². The number of aliphatic hydroxyl groups is 3. The van der Waals surface area contributed by atoms with Crippen LogP contribution in [0.15, 0.2) is 0 Å². The Hall–Kier alpha value is -0.170. The standard InChI is InChI=1S/C6H12O5S/c1-3-5(8)6(9)4(2-7)12(3,10)11/h3-9H,2H2,1H3/t3-,4+,5+,6?/m0/s1. The molecular weight excluding hydrogens is 184 g/mol. The van der Waals surface area contributed by atoms with E-state index in [1.165, 1.54) is 6.92 Å². The summed E-state index contributed by atoms with van der Waals surface area (Å²) in [5, 5.41) is 24.8. The van der Waals surface area contributed by atoms with Crippen molar-refractivity contribution >= 4 is 9.84 Å². The molecule has 6 heteroatoms. The third-order valence-corrected chi connectivity index (χ3v) is 4.92. The second kappa shape index (κ2) is 2.95. The molecule has 0 bridgehead atoms. The number of hydrogen-bond acceptors (Lipinski definition) is 5. The van der Waals surface area contributed by atoms with Crippen molar-refractivity contribution in [3.05, 3.63) is 0 Å². The summed E-state index contributed by atoms with van der Waals surface area (Å²) in [7, 11) is -3.56. The highest BCUT2D eigenvalue weighted by atomic mass is 32.2. The third kappa shape index (κ3) is 1.15. The van der Waals surface area contributed by atoms with Gasteiger partial charge >= 0.3 is 0 Å². The number of aliphatic hydroxyl groups excluding tert-OH is 3. The predicted octanol–water partition coefficient (Wildman–Crippen LogP) is -2.11. The Morgan fingerprint density at radius 3 is 1.92 bits per heavy atom. The van der Waals surface area contributed by atoms with Gasteiger partial charge in [-0.1, -0.05) is 0 Å². The fourth-order valence-electron chi connectivity index (χ4n) is 1.37. The summed E-state index contributed by atoms with van der Waals surface area (Å²) in [6.45, 7) is 0.670. The van der Waals surface area contributed by atoms with Crippen LogP contribution in [-0.4, -0.2) is 53.1 Å². The summed E-state index contributed by atoms with van der Waals surface area (Å²) >= 11 is 0. The Kier molecular flexibility index (Phi) is 2.44. The van der Waals surface area contributed by atoms with E-state index >= 15 is 0 Å². The minimum absolute atomic E-state index is 0.648. The summed E-state index contributed by atoms with van der Waals surface area (Å²) in [6.07, 6.45) is -2.65. The Morgan fingerprint density at radius 2 is 1.75 bits per heavy atom. The van der Waals surface area contributed by atoms with Gasteiger partial charge in [0.1, 0.15) is 11.4 Å². The van der Waals surface area contributed by atoms with Crippen molar-refractivity contribution in [1.82, 2.24) is 0 Å². The van der Waals surface area contributed by atoms with Gasteiger partial charge < -0.3 is 15.3 Å². The highest BCUT2D eigenvalue weighted by Gasteiger charge is 2.51. The molecule has 0 saturated carbocycles. The lowest BCUT2D eigenvalue weighted by Gasteiger charge is -2.10. The molecule has 0 aromatic heterocycles. The first-order valence-electron chi connectivity index (χ1n) is 3.62. The highest BCUT2D eigenvalue weighted by Crippen LogP contribution is 2.27. The Bertz CT molecular complexity index is 259. The quantitative estimate of drug-likeness (QED) is 0.446. The minimum Gasteiger partial charge on any atom is -0.395 e. The monoisotopic (exact) mass is 196 g/mol. The molecule has 72 valence electrons. The van der Waals surface area contributed by atoms with Crippen molar-refractivity contribution in [2.75, 3.05) is 6.61 Å². The van der Waals surface area contributed by atoms with Gasteiger partial charge in [0.2, 0.25) is 0 Å². The average molecular weight is 196 g/mol. The van der Waals surface area contributed by atoms with E-state index in [2.05, 4.69) is 0 Å². The normalized spacial score (nSPS) is 46.3. The maximum absolute atomic E-state index is 11.3. The summed E-state index contributed by atoms with van der Waals surface area (Å²) in [5.74, 6) is 0. The molecule has 4 atom stereocenters. The number of sulfone groups is 1. The van der Waals surface area contributed by atoms with Crippen LogP contribution in [0.2, 0.25) is 0 Å². The van der Waals surface area contributed by atoms with Gasteiger partial charge in [-0.25, -0.2) is 8.42 Å². The molecule has 1 aliphatic heterocycles. The van der Waals surface area contributed by atoms with Crippen molar-refractivity contribution in [3.63, 3.8) is 0 Å². The second-order valence-corrected chi connectivity index (χ2v) is 5.52. The molecule has 0 radical (unpaired) electrons. The van der Waals surface area contributed by atoms with Gasteiger partial charge in [0, 0.05) is 0 Å². The molecule has 3 N–H and O–H groups in total. The zero-order chi connectivity index (χ0) is 9.52. The van der Waals surface area contributed by atoms with E-state index in [-0.39, 0.29) is 0 Å². The van der Waals surface area contributed by atoms with Crippen LogP contribution in [0.25, 0.3) is 0 Å². The number of hydrogen-bond donors (Lipinski definition) is 3. The lowest BCUT2D eigenvalue weighted by atomic mass is 10.1. The van der Waals surface area contributed by atoms with Crippen molar-refractivity contribution in [2.24, 2.45) is 0 Å². The summed E-state index contributed by atoms with van der Waals surface area (Å²) in [4.78, 5) is 0. The molecule has 1 rings (SSSR count). The summed E-state index contributed by atoms with van der Waals surface area (Å²) < 4.78 is 22.5. The van der Waals surface area contributed by atoms with Gasteiger partial charge in [-0.15, -0.1) is 0 Å². The van der Waals surface area contributed by atoms with E-state index in [1.807, 2.05) is 0 Å². The zero-order valence-corrected chi connectivity index (χ0v) is 7.40. The van der Waals surface area contributed by atoms with Crippen LogP contribution in [-0.2, 0) is 9.84 Å². The van der Waals surface area contributed by atoms with E-state index < -0.39 is 39.2 Å². The van der Waals surface area contributed by atoms with E-state index in [0.29, 0.717) is 0 Å². The van der Waals surface area contributed by atoms with Crippen molar-refractivity contribution in [1.29, 1.82) is 0 Å². The molecule has 1 unspecified atom stereocenters. The summed E-state index contributed by atoms with van der Waals surface area (Å²) in [5.41, 5.74) is 0. The fraction of sp³-hybridized carbons (Fsp3) is 1.00. The van der Waals surface area contributed by atoms with Crippen LogP contribution >= 0.6 is 0 Å². The lowest BCUT2D eigenvalue weighted by molar-refractivity contribution is 0.0221. The second-order valence-electron chi connectivity index (χ2n) is 3.00. The molecular formula is C6H12O5S. The van der Waals surface area contributed by atoms with Crippen molar-refractivity contribution in [2.45, 2.75) is 29.6 Å². The first-order valence-corrected chi connectivity index (χ1v) is 5.23. The van der Waals surface area contributed by atoms with Crippen LogP contribution in [0.5, 0.6) is 0 Å². The van der Waals surface area contributed by atoms with E-state index in [4.69, 9.17) is 10.2 Å². The molecule has 1 heterocycles. The lowest BCUT2D eigenvalue weighted by Crippen LogP contribution is -2.33. The first-order chi connectivity index (χ1) is 5.42. The molecule has 12 heavy (non-hydrogen) atoms. The van der Waals surface area contributed by atoms with Crippen LogP contribution in [0.4, 0.5) is 0 Å². The van der Waals surface area contributed by atoms with Gasteiger partial charge in [-0.05, 0) is 6.92 Å². The van der Waals surface area contributed by atoms with Crippen LogP contribution in [0.1, 0.15) is 6.92 Å². The number of rotatable bonds is 1. The van der Waals surface area contributed by atoms with Crippen LogP contribution in [0.3, 0.4) is 0 Å². The molecule has 0 spiro atoms. The SMILES string of the molecule is C[C@H]1[C@@H](O)C(O)[C@@H](CO)S1(=O)=O. The molecule has 0 aromatic carbocycles. The fourth-order valence-corrected chi connectivity index (χ4v) is 3.23. The Morgan fingerprint density at radius 1 is 1.25 bits per heavy atom.